The van der Waals surface area contributed by atoms with Crippen molar-refractivity contribution in [3.8, 4) is 0 Å². The van der Waals surface area contributed by atoms with E-state index in [0.717, 1.165) is 38.2 Å². The van der Waals surface area contributed by atoms with E-state index < -0.39 is 0 Å². The van der Waals surface area contributed by atoms with Gasteiger partial charge in [0.1, 0.15) is 5.82 Å². The lowest BCUT2D eigenvalue weighted by Gasteiger charge is -2.28. The molecule has 1 aromatic rings. The highest BCUT2D eigenvalue weighted by Crippen LogP contribution is 2.24. The van der Waals surface area contributed by atoms with Crippen LogP contribution in [0.3, 0.4) is 0 Å². The molecule has 1 fully saturated rings. The summed E-state index contributed by atoms with van der Waals surface area (Å²) < 4.78 is 19.5. The van der Waals surface area contributed by atoms with Crippen molar-refractivity contribution in [1.29, 1.82) is 0 Å². The predicted molar refractivity (Wildman–Crippen MR) is 75.8 cm³/mol. The summed E-state index contributed by atoms with van der Waals surface area (Å²) in [5, 5.41) is 0. The van der Waals surface area contributed by atoms with Crippen molar-refractivity contribution in [2.45, 2.75) is 25.8 Å². The van der Waals surface area contributed by atoms with E-state index >= 15 is 0 Å². The minimum atomic E-state index is -0.200. The van der Waals surface area contributed by atoms with Crippen molar-refractivity contribution in [3.63, 3.8) is 0 Å². The first-order valence-electron chi connectivity index (χ1n) is 6.92. The van der Waals surface area contributed by atoms with Crippen molar-refractivity contribution in [3.05, 3.63) is 29.6 Å². The van der Waals surface area contributed by atoms with Gasteiger partial charge in [0.25, 0.3) is 0 Å². The average Bonchev–Trinajstić information content (AvgIpc) is 2.39. The van der Waals surface area contributed by atoms with Gasteiger partial charge < -0.3 is 15.4 Å². The molecule has 4 heteroatoms. The average molecular weight is 266 g/mol. The summed E-state index contributed by atoms with van der Waals surface area (Å²) in [6.07, 6.45) is 2.26. The molecule has 2 rings (SSSR count). The minimum absolute atomic E-state index is 0.138. The molecule has 1 aliphatic rings. The number of rotatable bonds is 4. The van der Waals surface area contributed by atoms with Gasteiger partial charge in [-0.2, -0.15) is 0 Å². The van der Waals surface area contributed by atoms with Gasteiger partial charge in [0.05, 0.1) is 12.3 Å². The van der Waals surface area contributed by atoms with Crippen molar-refractivity contribution >= 4 is 5.69 Å². The number of nitrogens with zero attached hydrogens (tertiary/aromatic N) is 1. The highest BCUT2D eigenvalue weighted by Gasteiger charge is 2.18. The maximum absolute atomic E-state index is 14.1. The van der Waals surface area contributed by atoms with Crippen LogP contribution in [-0.4, -0.2) is 26.8 Å². The Morgan fingerprint density at radius 1 is 1.53 bits per heavy atom. The van der Waals surface area contributed by atoms with Crippen LogP contribution in [0.1, 0.15) is 31.4 Å². The van der Waals surface area contributed by atoms with Gasteiger partial charge in [-0.1, -0.05) is 6.07 Å². The Kier molecular flexibility index (Phi) is 4.77. The Bertz CT molecular complexity index is 417. The van der Waals surface area contributed by atoms with E-state index in [1.165, 1.54) is 6.07 Å². The van der Waals surface area contributed by atoms with Crippen molar-refractivity contribution in [1.82, 2.24) is 0 Å². The van der Waals surface area contributed by atoms with E-state index in [9.17, 15) is 4.39 Å². The maximum Gasteiger partial charge on any atom is 0.146 e. The zero-order valence-corrected chi connectivity index (χ0v) is 11.7. The Hall–Kier alpha value is -1.13. The van der Waals surface area contributed by atoms with Crippen LogP contribution in [0, 0.1) is 11.7 Å². The zero-order valence-electron chi connectivity index (χ0n) is 11.7. The van der Waals surface area contributed by atoms with Crippen molar-refractivity contribution in [2.24, 2.45) is 11.7 Å². The molecule has 1 saturated heterocycles. The smallest absolute Gasteiger partial charge is 0.146 e. The third-order valence-corrected chi connectivity index (χ3v) is 3.70. The lowest BCUT2D eigenvalue weighted by molar-refractivity contribution is 0.0576. The van der Waals surface area contributed by atoms with Gasteiger partial charge in [0.15, 0.2) is 0 Å². The third kappa shape index (κ3) is 3.67. The molecule has 0 amide bonds. The molecule has 0 radical (unpaired) electrons. The predicted octanol–water partition coefficient (Wildman–Crippen LogP) is 2.71. The summed E-state index contributed by atoms with van der Waals surface area (Å²) in [5.74, 6) is 0.292. The van der Waals surface area contributed by atoms with Crippen LogP contribution in [0.15, 0.2) is 18.2 Å². The number of halogens is 1. The molecular formula is C15H23FN2O. The number of nitrogens with two attached hydrogens (primary N) is 1. The Morgan fingerprint density at radius 2 is 2.32 bits per heavy atom. The van der Waals surface area contributed by atoms with Crippen LogP contribution in [0.4, 0.5) is 10.1 Å². The number of hydrogen-bond donors (Lipinski definition) is 1. The lowest BCUT2D eigenvalue weighted by atomic mass is 10.0. The summed E-state index contributed by atoms with van der Waals surface area (Å²) in [6, 6.07) is 5.11. The number of hydrogen-bond acceptors (Lipinski definition) is 3. The van der Waals surface area contributed by atoms with Gasteiger partial charge in [0.2, 0.25) is 0 Å². The van der Waals surface area contributed by atoms with Gasteiger partial charge in [0, 0.05) is 26.2 Å². The van der Waals surface area contributed by atoms with Gasteiger partial charge in [-0.3, -0.25) is 0 Å². The monoisotopic (exact) mass is 266 g/mol. The summed E-state index contributed by atoms with van der Waals surface area (Å²) >= 11 is 0. The molecule has 1 unspecified atom stereocenters. The third-order valence-electron chi connectivity index (χ3n) is 3.70. The van der Waals surface area contributed by atoms with Gasteiger partial charge in [-0.05, 0) is 43.4 Å². The van der Waals surface area contributed by atoms with E-state index in [2.05, 4.69) is 0 Å². The van der Waals surface area contributed by atoms with E-state index in [1.807, 2.05) is 31.0 Å². The summed E-state index contributed by atoms with van der Waals surface area (Å²) in [7, 11) is 1.93. The Labute approximate surface area is 114 Å². The Balaban J connectivity index is 2.03. The van der Waals surface area contributed by atoms with E-state index in [0.29, 0.717) is 11.6 Å². The zero-order chi connectivity index (χ0) is 13.8. The summed E-state index contributed by atoms with van der Waals surface area (Å²) in [5.41, 5.74) is 7.22. The molecule has 0 bridgehead atoms. The van der Waals surface area contributed by atoms with Gasteiger partial charge in [-0.15, -0.1) is 0 Å². The molecule has 0 saturated carbocycles. The quantitative estimate of drug-likeness (QED) is 0.910. The second-order valence-corrected chi connectivity index (χ2v) is 5.46. The molecule has 2 atom stereocenters. The lowest BCUT2D eigenvalue weighted by Crippen LogP contribution is -2.31. The molecule has 106 valence electrons. The Morgan fingerprint density at radius 3 is 2.89 bits per heavy atom. The van der Waals surface area contributed by atoms with E-state index in [4.69, 9.17) is 10.5 Å². The van der Waals surface area contributed by atoms with E-state index in [1.54, 1.807) is 0 Å². The van der Waals surface area contributed by atoms with Crippen LogP contribution in [0.5, 0.6) is 0 Å². The SMILES string of the molecule is C[C@H](N)c1ccc(N(C)CC2CCCOC2)c(F)c1. The maximum atomic E-state index is 14.1. The van der Waals surface area contributed by atoms with Crippen molar-refractivity contribution < 1.29 is 9.13 Å². The van der Waals surface area contributed by atoms with Crippen LogP contribution >= 0.6 is 0 Å². The van der Waals surface area contributed by atoms with Crippen LogP contribution in [0.25, 0.3) is 0 Å². The summed E-state index contributed by atoms with van der Waals surface area (Å²) in [4.78, 5) is 1.97. The second-order valence-electron chi connectivity index (χ2n) is 5.46. The fraction of sp³-hybridized carbons (Fsp3) is 0.600. The molecule has 0 spiro atoms. The summed E-state index contributed by atoms with van der Waals surface area (Å²) in [6.45, 7) is 4.33. The molecule has 1 aliphatic heterocycles. The van der Waals surface area contributed by atoms with E-state index in [-0.39, 0.29) is 11.9 Å². The second kappa shape index (κ2) is 6.35. The number of anilines is 1. The molecule has 1 aromatic carbocycles. The molecule has 0 aromatic heterocycles. The largest absolute Gasteiger partial charge is 0.381 e. The highest BCUT2D eigenvalue weighted by atomic mass is 19.1. The number of ether oxygens (including phenoxy) is 1. The minimum Gasteiger partial charge on any atom is -0.381 e. The number of benzene rings is 1. The van der Waals surface area contributed by atoms with Gasteiger partial charge in [-0.25, -0.2) is 4.39 Å². The van der Waals surface area contributed by atoms with Crippen LogP contribution in [-0.2, 0) is 4.74 Å². The molecular weight excluding hydrogens is 243 g/mol. The fourth-order valence-electron chi connectivity index (χ4n) is 2.55. The molecule has 19 heavy (non-hydrogen) atoms. The molecule has 2 N–H and O–H groups in total. The topological polar surface area (TPSA) is 38.5 Å². The first-order valence-corrected chi connectivity index (χ1v) is 6.92. The van der Waals surface area contributed by atoms with Crippen molar-refractivity contribution in [2.75, 3.05) is 31.7 Å². The molecule has 0 aliphatic carbocycles. The molecule has 3 nitrogen and oxygen atoms in total. The first-order chi connectivity index (χ1) is 9.08. The van der Waals surface area contributed by atoms with Gasteiger partial charge >= 0.3 is 0 Å². The normalized spacial score (nSPS) is 21.2. The van der Waals surface area contributed by atoms with Crippen LogP contribution < -0.4 is 10.6 Å². The standard InChI is InChI=1S/C15H23FN2O/c1-11(17)13-5-6-15(14(16)8-13)18(2)9-12-4-3-7-19-10-12/h5-6,8,11-12H,3-4,7,9-10,17H2,1-2H3/t11-,12?/m0/s1. The van der Waals surface area contributed by atoms with Crippen LogP contribution in [0.2, 0.25) is 0 Å². The first kappa shape index (κ1) is 14.3. The molecule has 1 heterocycles. The highest BCUT2D eigenvalue weighted by molar-refractivity contribution is 5.49. The fourth-order valence-corrected chi connectivity index (χ4v) is 2.55.